The smallest absolute Gasteiger partial charge is 0.311 e. The number of rotatable bonds is 12. The molecule has 0 unspecified atom stereocenters. The number of hydrogen-bond acceptors (Lipinski definition) is 10. The van der Waals surface area contributed by atoms with Gasteiger partial charge in [0.05, 0.1) is 31.6 Å². The molecular formula is C43H51N2O8-. The normalized spacial score (nSPS) is 18.4. The van der Waals surface area contributed by atoms with Crippen LogP contribution in [0, 0.1) is 17.8 Å². The van der Waals surface area contributed by atoms with Crippen molar-refractivity contribution >= 4 is 29.3 Å². The van der Waals surface area contributed by atoms with E-state index in [1.807, 2.05) is 59.7 Å². The number of hydrazine groups is 1. The van der Waals surface area contributed by atoms with Crippen molar-refractivity contribution in [3.05, 3.63) is 94.5 Å². The maximum absolute atomic E-state index is 14.1. The molecule has 0 spiro atoms. The summed E-state index contributed by atoms with van der Waals surface area (Å²) in [6, 6.07) is 18.0. The van der Waals surface area contributed by atoms with Gasteiger partial charge in [0.15, 0.2) is 17.3 Å². The van der Waals surface area contributed by atoms with E-state index >= 15 is 0 Å². The Morgan fingerprint density at radius 2 is 1.42 bits per heavy atom. The predicted octanol–water partition coefficient (Wildman–Crippen LogP) is 5.85. The van der Waals surface area contributed by atoms with Gasteiger partial charge in [-0.1, -0.05) is 103 Å². The highest BCUT2D eigenvalue weighted by Gasteiger charge is 2.47. The van der Waals surface area contributed by atoms with Gasteiger partial charge in [0, 0.05) is 47.3 Å². The number of methoxy groups -OCH3 is 1. The van der Waals surface area contributed by atoms with Gasteiger partial charge in [-0.2, -0.15) is 0 Å². The molecule has 10 heteroatoms. The lowest BCUT2D eigenvalue weighted by Crippen LogP contribution is -2.61. The van der Waals surface area contributed by atoms with Crippen LogP contribution in [-0.4, -0.2) is 72.1 Å². The largest absolute Gasteiger partial charge is 0.548 e. The quantitative estimate of drug-likeness (QED) is 0.0971. The Hall–Kier alpha value is -4.67. The number of ether oxygens (including phenoxy) is 2. The zero-order valence-electron chi connectivity index (χ0n) is 32.1. The third-order valence-electron chi connectivity index (χ3n) is 10.5. The van der Waals surface area contributed by atoms with Crippen LogP contribution in [0.2, 0.25) is 0 Å². The summed E-state index contributed by atoms with van der Waals surface area (Å²) in [5.74, 6) is -4.33. The maximum Gasteiger partial charge on any atom is 0.311 e. The molecule has 1 fully saturated rings. The molecule has 3 aromatic carbocycles. The van der Waals surface area contributed by atoms with Crippen LogP contribution in [0.3, 0.4) is 0 Å². The van der Waals surface area contributed by atoms with Gasteiger partial charge >= 0.3 is 5.97 Å². The summed E-state index contributed by atoms with van der Waals surface area (Å²) in [6.45, 7) is 14.2. The highest BCUT2D eigenvalue weighted by molar-refractivity contribution is 6.26. The number of nitrogens with zero attached hydrogens (tertiary/aromatic N) is 2. The second-order valence-corrected chi connectivity index (χ2v) is 16.4. The summed E-state index contributed by atoms with van der Waals surface area (Å²) in [7, 11) is 1.59. The number of aliphatic carboxylic acids is 1. The lowest BCUT2D eigenvalue weighted by molar-refractivity contribution is -0.318. The SMILES string of the molecule is COc1cc(C(C)(C)C)c(OC(=O)C[C@@H](C)[C@H](CN2[C@H](C(=O)[O-])CCCN2CC(=O)c2ccccc2)C2C(=O)c3ccccc3C2=O)c(C(C)(C)C)c1. The van der Waals surface area contributed by atoms with Crippen molar-refractivity contribution in [2.45, 2.75) is 84.6 Å². The average Bonchev–Trinajstić information content (AvgIpc) is 3.35. The van der Waals surface area contributed by atoms with E-state index in [4.69, 9.17) is 9.47 Å². The van der Waals surface area contributed by atoms with Crippen LogP contribution < -0.4 is 14.6 Å². The molecular weight excluding hydrogens is 672 g/mol. The van der Waals surface area contributed by atoms with Crippen molar-refractivity contribution in [2.75, 3.05) is 26.7 Å². The summed E-state index contributed by atoms with van der Waals surface area (Å²) in [6.07, 6.45) is 0.603. The Labute approximate surface area is 312 Å². The van der Waals surface area contributed by atoms with E-state index in [1.165, 1.54) is 0 Å². The minimum absolute atomic E-state index is 0.0751. The molecule has 2 aliphatic rings. The second kappa shape index (κ2) is 15.7. The third kappa shape index (κ3) is 8.60. The first-order valence-electron chi connectivity index (χ1n) is 18.3. The van der Waals surface area contributed by atoms with E-state index in [9.17, 15) is 29.1 Å². The van der Waals surface area contributed by atoms with Crippen molar-refractivity contribution in [3.63, 3.8) is 0 Å². The number of carbonyl (C=O) groups is 5. The lowest BCUT2D eigenvalue weighted by atomic mass is 9.77. The van der Waals surface area contributed by atoms with Crippen LogP contribution in [0.25, 0.3) is 0 Å². The van der Waals surface area contributed by atoms with Crippen molar-refractivity contribution < 1.29 is 38.6 Å². The van der Waals surface area contributed by atoms with Crippen LogP contribution in [0.1, 0.15) is 110 Å². The first kappa shape index (κ1) is 39.5. The molecule has 5 rings (SSSR count). The Kier molecular flexibility index (Phi) is 11.7. The van der Waals surface area contributed by atoms with E-state index in [-0.39, 0.29) is 43.3 Å². The van der Waals surface area contributed by atoms with Gasteiger partial charge in [-0.25, -0.2) is 10.0 Å². The molecule has 0 bridgehead atoms. The summed E-state index contributed by atoms with van der Waals surface area (Å²) in [4.78, 5) is 68.2. The highest BCUT2D eigenvalue weighted by Crippen LogP contribution is 2.43. The zero-order chi connectivity index (χ0) is 38.8. The number of carboxylic acids is 1. The van der Waals surface area contributed by atoms with Gasteiger partial charge in [-0.15, -0.1) is 0 Å². The van der Waals surface area contributed by atoms with Crippen LogP contribution in [0.5, 0.6) is 11.5 Å². The van der Waals surface area contributed by atoms with E-state index in [0.717, 1.165) is 11.1 Å². The van der Waals surface area contributed by atoms with Gasteiger partial charge < -0.3 is 19.4 Å². The second-order valence-electron chi connectivity index (χ2n) is 16.4. The molecule has 0 radical (unpaired) electrons. The minimum atomic E-state index is -1.32. The molecule has 0 amide bonds. The van der Waals surface area contributed by atoms with Gasteiger partial charge in [0.1, 0.15) is 11.5 Å². The molecule has 282 valence electrons. The minimum Gasteiger partial charge on any atom is -0.548 e. The Morgan fingerprint density at radius 3 is 1.92 bits per heavy atom. The molecule has 53 heavy (non-hydrogen) atoms. The van der Waals surface area contributed by atoms with E-state index in [0.29, 0.717) is 41.2 Å². The van der Waals surface area contributed by atoms with Crippen LogP contribution in [0.4, 0.5) is 0 Å². The fourth-order valence-corrected chi connectivity index (χ4v) is 7.57. The molecule has 0 N–H and O–H groups in total. The third-order valence-corrected chi connectivity index (χ3v) is 10.5. The number of carbonyl (C=O) groups excluding carboxylic acids is 5. The first-order valence-corrected chi connectivity index (χ1v) is 18.3. The Morgan fingerprint density at radius 1 is 0.868 bits per heavy atom. The predicted molar refractivity (Wildman–Crippen MR) is 199 cm³/mol. The molecule has 1 aliphatic carbocycles. The number of benzene rings is 3. The fraction of sp³-hybridized carbons (Fsp3) is 0.465. The topological polar surface area (TPSA) is 133 Å². The lowest BCUT2D eigenvalue weighted by Gasteiger charge is -2.47. The number of fused-ring (bicyclic) bond motifs is 1. The Balaban J connectivity index is 1.51. The summed E-state index contributed by atoms with van der Waals surface area (Å²) in [5.41, 5.74) is 1.84. The fourth-order valence-electron chi connectivity index (χ4n) is 7.57. The average molecular weight is 724 g/mol. The molecule has 1 saturated heterocycles. The summed E-state index contributed by atoms with van der Waals surface area (Å²) in [5, 5.41) is 15.9. The van der Waals surface area contributed by atoms with Gasteiger partial charge in [0.25, 0.3) is 0 Å². The standard InChI is InChI=1S/C43H52N2O8/c1-26(21-36(47)53-40-32(42(2,3)4)22-28(52-8)23-33(40)43(5,6)7)31(37-38(48)29-17-12-13-18-30(29)39(37)49)24-45-34(41(50)51)19-14-20-44(45)25-35(46)27-15-10-9-11-16-27/h9-13,15-18,22-23,26,31,34,37H,14,19-21,24-25H2,1-8H3,(H,50,51)/p-1/t26-,31+,34+/m1/s1. The zero-order valence-corrected chi connectivity index (χ0v) is 32.1. The van der Waals surface area contributed by atoms with Crippen molar-refractivity contribution in [1.82, 2.24) is 10.0 Å². The molecule has 1 heterocycles. The van der Waals surface area contributed by atoms with Crippen molar-refractivity contribution in [3.8, 4) is 11.5 Å². The van der Waals surface area contributed by atoms with Crippen molar-refractivity contribution in [2.24, 2.45) is 17.8 Å². The van der Waals surface area contributed by atoms with Crippen LogP contribution >= 0.6 is 0 Å². The van der Waals surface area contributed by atoms with E-state index in [1.54, 1.807) is 72.6 Å². The number of carboxylic acid groups (broad SMARTS) is 1. The van der Waals surface area contributed by atoms with Crippen LogP contribution in [0.15, 0.2) is 66.7 Å². The van der Waals surface area contributed by atoms with Gasteiger partial charge in [0.2, 0.25) is 0 Å². The number of Topliss-reactive ketones (excluding diaryl/α,β-unsaturated/α-hetero) is 3. The summed E-state index contributed by atoms with van der Waals surface area (Å²) < 4.78 is 11.9. The van der Waals surface area contributed by atoms with Gasteiger partial charge in [-0.3, -0.25) is 19.2 Å². The molecule has 10 nitrogen and oxygen atoms in total. The molecule has 0 saturated carbocycles. The molecule has 3 aromatic rings. The van der Waals surface area contributed by atoms with Crippen LogP contribution in [-0.2, 0) is 20.4 Å². The first-order chi connectivity index (χ1) is 24.9. The van der Waals surface area contributed by atoms with E-state index in [2.05, 4.69) is 0 Å². The number of hydrogen-bond donors (Lipinski definition) is 0. The number of ketones is 3. The highest BCUT2D eigenvalue weighted by atomic mass is 16.5. The maximum atomic E-state index is 14.1. The van der Waals surface area contributed by atoms with Crippen molar-refractivity contribution in [1.29, 1.82) is 0 Å². The molecule has 0 aromatic heterocycles. The Bertz CT molecular complexity index is 1800. The summed E-state index contributed by atoms with van der Waals surface area (Å²) >= 11 is 0. The monoisotopic (exact) mass is 723 g/mol. The van der Waals surface area contributed by atoms with Gasteiger partial charge in [-0.05, 0) is 47.6 Å². The molecule has 3 atom stereocenters. The van der Waals surface area contributed by atoms with E-state index < -0.39 is 46.6 Å². The molecule has 1 aliphatic heterocycles. The number of esters is 1.